The van der Waals surface area contributed by atoms with Crippen LogP contribution in [0, 0.1) is 0 Å². The molecule has 0 unspecified atom stereocenters. The molecule has 0 atom stereocenters. The molecule has 2 heterocycles. The van der Waals surface area contributed by atoms with Crippen molar-refractivity contribution in [3.8, 4) is 0 Å². The van der Waals surface area contributed by atoms with Crippen molar-refractivity contribution in [1.82, 2.24) is 19.9 Å². The van der Waals surface area contributed by atoms with E-state index >= 15 is 0 Å². The second-order valence-corrected chi connectivity index (χ2v) is 5.66. The van der Waals surface area contributed by atoms with Crippen molar-refractivity contribution in [2.24, 2.45) is 0 Å². The monoisotopic (exact) mass is 333 g/mol. The van der Waals surface area contributed by atoms with Crippen molar-refractivity contribution in [3.05, 3.63) is 36.9 Å². The van der Waals surface area contributed by atoms with Gasteiger partial charge in [0.2, 0.25) is 5.95 Å². The molecule has 0 radical (unpaired) electrons. The van der Waals surface area contributed by atoms with Crippen molar-refractivity contribution >= 4 is 34.8 Å². The van der Waals surface area contributed by atoms with Gasteiger partial charge in [-0.1, -0.05) is 6.92 Å². The number of amides is 1. The second kappa shape index (κ2) is 8.84. The van der Waals surface area contributed by atoms with Crippen LogP contribution in [0.3, 0.4) is 0 Å². The molecular weight excluding hydrogens is 314 g/mol. The Hall–Kier alpha value is -2.48. The van der Waals surface area contributed by atoms with Crippen molar-refractivity contribution in [2.75, 3.05) is 18.2 Å². The van der Waals surface area contributed by atoms with Crippen LogP contribution in [0.1, 0.15) is 13.3 Å². The molecule has 0 aliphatic heterocycles. The minimum Gasteiger partial charge on any atom is -0.453 e. The molecule has 0 fully saturated rings. The lowest BCUT2D eigenvalue weighted by Crippen LogP contribution is -2.11. The van der Waals surface area contributed by atoms with Gasteiger partial charge >= 0.3 is 6.09 Å². The summed E-state index contributed by atoms with van der Waals surface area (Å²) < 4.78 is 4.51. The molecule has 1 aromatic carbocycles. The normalized spacial score (nSPS) is 10.0. The summed E-state index contributed by atoms with van der Waals surface area (Å²) in [5.74, 6) is 1.48. The van der Waals surface area contributed by atoms with Crippen LogP contribution >= 0.6 is 11.8 Å². The first kappa shape index (κ1) is 16.9. The number of imidazole rings is 2. The van der Waals surface area contributed by atoms with E-state index in [2.05, 4.69) is 36.9 Å². The van der Waals surface area contributed by atoms with Crippen LogP contribution in [0.2, 0.25) is 0 Å². The van der Waals surface area contributed by atoms with E-state index < -0.39 is 6.09 Å². The van der Waals surface area contributed by atoms with E-state index in [1.165, 1.54) is 12.0 Å². The lowest BCUT2D eigenvalue weighted by atomic mass is 10.3. The number of hydrogen-bond acceptors (Lipinski definition) is 5. The Labute approximate surface area is 138 Å². The summed E-state index contributed by atoms with van der Waals surface area (Å²) in [5, 5.41) is 2.51. The summed E-state index contributed by atoms with van der Waals surface area (Å²) in [4.78, 5) is 26.0. The van der Waals surface area contributed by atoms with Gasteiger partial charge in [-0.2, -0.15) is 0 Å². The Morgan fingerprint density at radius 1 is 1.43 bits per heavy atom. The summed E-state index contributed by atoms with van der Waals surface area (Å²) in [6.07, 6.45) is 5.69. The van der Waals surface area contributed by atoms with Gasteiger partial charge in [-0.3, -0.25) is 5.32 Å². The third-order valence-electron chi connectivity index (χ3n) is 2.74. The Morgan fingerprint density at radius 3 is 2.91 bits per heavy atom. The number of hydrogen-bond donors (Lipinski definition) is 3. The highest BCUT2D eigenvalue weighted by Gasteiger charge is 2.07. The lowest BCUT2D eigenvalue weighted by Gasteiger charge is -1.98. The number of nitrogens with one attached hydrogen (secondary N) is 3. The van der Waals surface area contributed by atoms with Crippen molar-refractivity contribution in [2.45, 2.75) is 18.2 Å². The van der Waals surface area contributed by atoms with Crippen LogP contribution in [0.15, 0.2) is 41.8 Å². The minimum atomic E-state index is -0.533. The molecule has 7 nitrogen and oxygen atoms in total. The Bertz CT molecular complexity index is 709. The van der Waals surface area contributed by atoms with Gasteiger partial charge in [-0.25, -0.2) is 14.8 Å². The highest BCUT2D eigenvalue weighted by Crippen LogP contribution is 2.23. The van der Waals surface area contributed by atoms with Gasteiger partial charge < -0.3 is 14.7 Å². The molecule has 8 heteroatoms. The quantitative estimate of drug-likeness (QED) is 0.633. The fourth-order valence-corrected chi connectivity index (χ4v) is 2.52. The SMILES string of the molecule is CCCSc1ccc2[nH]c(NC(=O)OC)nc2c1.c1c[nH]cn1. The number of carbonyl (C=O) groups excluding carboxylic acids is 1. The third-order valence-corrected chi connectivity index (χ3v) is 3.94. The zero-order chi connectivity index (χ0) is 16.5. The molecule has 3 aromatic rings. The molecule has 23 heavy (non-hydrogen) atoms. The van der Waals surface area contributed by atoms with E-state index in [1.807, 2.05) is 18.2 Å². The van der Waals surface area contributed by atoms with Crippen LogP contribution in [-0.4, -0.2) is 38.9 Å². The first-order chi connectivity index (χ1) is 11.2. The van der Waals surface area contributed by atoms with Gasteiger partial charge in [-0.05, 0) is 30.4 Å². The number of fused-ring (bicyclic) bond motifs is 1. The van der Waals surface area contributed by atoms with Gasteiger partial charge in [0.1, 0.15) is 0 Å². The average molecular weight is 333 g/mol. The van der Waals surface area contributed by atoms with Crippen LogP contribution in [0.25, 0.3) is 11.0 Å². The molecule has 0 aliphatic carbocycles. The topological polar surface area (TPSA) is 95.7 Å². The zero-order valence-corrected chi connectivity index (χ0v) is 13.8. The summed E-state index contributed by atoms with van der Waals surface area (Å²) in [6, 6.07) is 6.01. The van der Waals surface area contributed by atoms with Gasteiger partial charge in [0.25, 0.3) is 0 Å². The fourth-order valence-electron chi connectivity index (χ4n) is 1.72. The van der Waals surface area contributed by atoms with Gasteiger partial charge in [0, 0.05) is 17.3 Å². The number of carbonyl (C=O) groups is 1. The lowest BCUT2D eigenvalue weighted by molar-refractivity contribution is 0.186. The zero-order valence-electron chi connectivity index (χ0n) is 13.0. The largest absolute Gasteiger partial charge is 0.453 e. The van der Waals surface area contributed by atoms with Crippen molar-refractivity contribution in [3.63, 3.8) is 0 Å². The van der Waals surface area contributed by atoms with Gasteiger partial charge in [-0.15, -0.1) is 11.8 Å². The number of rotatable bonds is 4. The number of benzene rings is 1. The van der Waals surface area contributed by atoms with E-state index in [0.29, 0.717) is 5.95 Å². The number of methoxy groups -OCH3 is 1. The number of ether oxygens (including phenoxy) is 1. The molecule has 0 aliphatic rings. The van der Waals surface area contributed by atoms with Crippen molar-refractivity contribution < 1.29 is 9.53 Å². The van der Waals surface area contributed by atoms with Crippen LogP contribution in [0.4, 0.5) is 10.7 Å². The van der Waals surface area contributed by atoms with Crippen LogP contribution in [-0.2, 0) is 4.74 Å². The molecule has 3 N–H and O–H groups in total. The van der Waals surface area contributed by atoms with E-state index in [0.717, 1.165) is 23.2 Å². The first-order valence-electron chi connectivity index (χ1n) is 7.13. The number of H-pyrrole nitrogens is 2. The summed E-state index contributed by atoms with van der Waals surface area (Å²) in [6.45, 7) is 2.15. The number of anilines is 1. The predicted molar refractivity (Wildman–Crippen MR) is 91.7 cm³/mol. The Balaban J connectivity index is 0.000000326. The average Bonchev–Trinajstić information content (AvgIpc) is 3.24. The molecule has 0 spiro atoms. The smallest absolute Gasteiger partial charge is 0.413 e. The minimum absolute atomic E-state index is 0.398. The van der Waals surface area contributed by atoms with E-state index in [9.17, 15) is 4.79 Å². The predicted octanol–water partition coefficient (Wildman–Crippen LogP) is 3.65. The molecule has 3 rings (SSSR count). The highest BCUT2D eigenvalue weighted by atomic mass is 32.2. The first-order valence-corrected chi connectivity index (χ1v) is 8.11. The third kappa shape index (κ3) is 5.33. The van der Waals surface area contributed by atoms with Crippen LogP contribution < -0.4 is 5.32 Å². The molecule has 2 aromatic heterocycles. The molecule has 1 amide bonds. The molecule has 0 saturated carbocycles. The number of nitrogens with zero attached hydrogens (tertiary/aromatic N) is 2. The molecular formula is C15H19N5O2S. The summed E-state index contributed by atoms with van der Waals surface area (Å²) in [5.41, 5.74) is 1.73. The maximum absolute atomic E-state index is 11.1. The number of aromatic amines is 2. The standard InChI is InChI=1S/C12H15N3O2S.C3H4N2/c1-3-6-18-8-4-5-9-10(7-8)14-11(13-9)15-12(16)17-2;1-2-5-3-4-1/h4-5,7H,3,6H2,1-2H3,(H2,13,14,15,16);1-3H,(H,4,5). The molecule has 122 valence electrons. The number of aromatic nitrogens is 4. The van der Waals surface area contributed by atoms with E-state index in [-0.39, 0.29) is 0 Å². The maximum Gasteiger partial charge on any atom is 0.413 e. The fraction of sp³-hybridized carbons (Fsp3) is 0.267. The van der Waals surface area contributed by atoms with Crippen LogP contribution in [0.5, 0.6) is 0 Å². The molecule has 0 saturated heterocycles. The van der Waals surface area contributed by atoms with Gasteiger partial charge in [0.05, 0.1) is 24.5 Å². The summed E-state index contributed by atoms with van der Waals surface area (Å²) in [7, 11) is 1.32. The van der Waals surface area contributed by atoms with E-state index in [1.54, 1.807) is 30.5 Å². The second-order valence-electron chi connectivity index (χ2n) is 4.49. The van der Waals surface area contributed by atoms with Gasteiger partial charge in [0.15, 0.2) is 0 Å². The maximum atomic E-state index is 11.1. The molecule has 0 bridgehead atoms. The van der Waals surface area contributed by atoms with E-state index in [4.69, 9.17) is 0 Å². The highest BCUT2D eigenvalue weighted by molar-refractivity contribution is 7.99. The Kier molecular flexibility index (Phi) is 6.49. The Morgan fingerprint density at radius 2 is 2.30 bits per heavy atom. The summed E-state index contributed by atoms with van der Waals surface area (Å²) >= 11 is 1.80. The number of thioether (sulfide) groups is 1. The van der Waals surface area contributed by atoms with Crippen molar-refractivity contribution in [1.29, 1.82) is 0 Å².